The number of piperidine rings is 1. The van der Waals surface area contributed by atoms with E-state index in [9.17, 15) is 0 Å². The Morgan fingerprint density at radius 3 is 2.64 bits per heavy atom. The Morgan fingerprint density at radius 1 is 1.29 bits per heavy atom. The molecule has 0 spiro atoms. The molecule has 2 aliphatic heterocycles. The van der Waals surface area contributed by atoms with Gasteiger partial charge >= 0.3 is 7.05 Å². The first-order valence-corrected chi connectivity index (χ1v) is 5.88. The molecular formula is C11H20BNO. The highest BCUT2D eigenvalue weighted by molar-refractivity contribution is 6.48. The van der Waals surface area contributed by atoms with E-state index in [1.165, 1.54) is 12.8 Å². The van der Waals surface area contributed by atoms with E-state index in [1.54, 1.807) is 0 Å². The van der Waals surface area contributed by atoms with Crippen LogP contribution in [0, 0.1) is 11.3 Å². The maximum atomic E-state index is 5.82. The molecule has 3 fully saturated rings. The largest absolute Gasteiger partial charge is 0.420 e. The van der Waals surface area contributed by atoms with Gasteiger partial charge in [0.15, 0.2) is 0 Å². The number of fused-ring (bicyclic) bond motifs is 5. The van der Waals surface area contributed by atoms with Crippen molar-refractivity contribution in [1.29, 1.82) is 0 Å². The van der Waals surface area contributed by atoms with Crippen LogP contribution in [-0.4, -0.2) is 30.0 Å². The lowest BCUT2D eigenvalue weighted by Gasteiger charge is -2.38. The molecule has 0 aromatic heterocycles. The van der Waals surface area contributed by atoms with Crippen LogP contribution in [0.25, 0.3) is 0 Å². The molecule has 3 aliphatic rings. The van der Waals surface area contributed by atoms with Gasteiger partial charge in [-0.1, -0.05) is 13.8 Å². The van der Waals surface area contributed by atoms with Crippen LogP contribution in [0.3, 0.4) is 0 Å². The van der Waals surface area contributed by atoms with Crippen LogP contribution in [0.4, 0.5) is 0 Å². The van der Waals surface area contributed by atoms with Crippen LogP contribution < -0.4 is 0 Å². The van der Waals surface area contributed by atoms with Gasteiger partial charge < -0.3 is 9.47 Å². The van der Waals surface area contributed by atoms with Gasteiger partial charge in [0.2, 0.25) is 0 Å². The molecule has 0 unspecified atom stereocenters. The molecule has 1 saturated carbocycles. The zero-order valence-corrected chi connectivity index (χ0v) is 9.71. The highest BCUT2D eigenvalue weighted by atomic mass is 16.5. The Hall–Kier alpha value is -0.0151. The molecule has 0 amide bonds. The number of hydrogen-bond donors (Lipinski definition) is 0. The van der Waals surface area contributed by atoms with E-state index >= 15 is 0 Å². The first-order valence-electron chi connectivity index (χ1n) is 5.88. The molecule has 3 rings (SSSR count). The highest BCUT2D eigenvalue weighted by Crippen LogP contribution is 2.61. The third-order valence-electron chi connectivity index (χ3n) is 5.17. The molecule has 0 radical (unpaired) electrons. The molecule has 0 aromatic rings. The molecule has 78 valence electrons. The van der Waals surface area contributed by atoms with Gasteiger partial charge in [-0.2, -0.15) is 0 Å². The smallest absolute Gasteiger partial charge is 0.379 e. The summed E-state index contributed by atoms with van der Waals surface area (Å²) in [5.74, 6) is 0.838. The zero-order valence-electron chi connectivity index (χ0n) is 9.71. The van der Waals surface area contributed by atoms with Crippen molar-refractivity contribution in [2.24, 2.45) is 11.3 Å². The molecule has 2 heterocycles. The van der Waals surface area contributed by atoms with Gasteiger partial charge in [-0.3, -0.25) is 0 Å². The van der Waals surface area contributed by atoms with E-state index in [-0.39, 0.29) is 0 Å². The average Bonchev–Trinajstić information content (AvgIpc) is 2.60. The average molecular weight is 193 g/mol. The Labute approximate surface area is 87.1 Å². The second-order valence-electron chi connectivity index (χ2n) is 6.14. The van der Waals surface area contributed by atoms with Crippen LogP contribution >= 0.6 is 0 Å². The van der Waals surface area contributed by atoms with E-state index in [2.05, 4.69) is 32.4 Å². The fourth-order valence-corrected chi connectivity index (χ4v) is 4.66. The summed E-state index contributed by atoms with van der Waals surface area (Å²) in [4.78, 5) is 2.65. The SMILES string of the molecule is CB1OC[C@@]2(C)[C@H]3CC[C@@H](N12)C3(C)C. The third-order valence-corrected chi connectivity index (χ3v) is 5.17. The lowest BCUT2D eigenvalue weighted by Crippen LogP contribution is -2.51. The molecule has 0 N–H and O–H groups in total. The van der Waals surface area contributed by atoms with Crippen LogP contribution in [0.5, 0.6) is 0 Å². The van der Waals surface area contributed by atoms with Gasteiger partial charge in [-0.05, 0) is 37.9 Å². The second-order valence-corrected chi connectivity index (χ2v) is 6.14. The number of nitrogens with zero attached hydrogens (tertiary/aromatic N) is 1. The molecule has 14 heavy (non-hydrogen) atoms. The molecule has 2 saturated heterocycles. The van der Waals surface area contributed by atoms with Gasteiger partial charge in [0.25, 0.3) is 0 Å². The van der Waals surface area contributed by atoms with Gasteiger partial charge in [-0.25, -0.2) is 0 Å². The number of rotatable bonds is 0. The van der Waals surface area contributed by atoms with Crippen molar-refractivity contribution < 1.29 is 4.65 Å². The summed E-state index contributed by atoms with van der Waals surface area (Å²) < 4.78 is 5.82. The third kappa shape index (κ3) is 0.783. The molecule has 2 bridgehead atoms. The Balaban J connectivity index is 2.06. The molecule has 3 heteroatoms. The van der Waals surface area contributed by atoms with E-state index < -0.39 is 0 Å². The van der Waals surface area contributed by atoms with E-state index in [4.69, 9.17) is 4.65 Å². The minimum Gasteiger partial charge on any atom is -0.420 e. The Morgan fingerprint density at radius 2 is 2.00 bits per heavy atom. The number of hydrogen-bond acceptors (Lipinski definition) is 2. The summed E-state index contributed by atoms with van der Waals surface area (Å²) in [5, 5.41) is 0. The van der Waals surface area contributed by atoms with E-state index in [0.29, 0.717) is 18.0 Å². The van der Waals surface area contributed by atoms with Crippen molar-refractivity contribution in [2.75, 3.05) is 6.61 Å². The van der Waals surface area contributed by atoms with Crippen LogP contribution in [0.15, 0.2) is 0 Å². The standard InChI is InChI=1S/C11H20BNO/c1-10(2)8-5-6-9(10)13-11(8,3)7-14-12(13)4/h8-9H,5-7H2,1-4H3/t8-,9+,11-/m0/s1. The summed E-state index contributed by atoms with van der Waals surface area (Å²) in [6.07, 6.45) is 2.78. The lowest BCUT2D eigenvalue weighted by molar-refractivity contribution is 0.134. The zero-order chi connectivity index (χ0) is 10.1. The maximum absolute atomic E-state index is 5.82. The topological polar surface area (TPSA) is 12.5 Å². The van der Waals surface area contributed by atoms with Gasteiger partial charge in [-0.15, -0.1) is 0 Å². The van der Waals surface area contributed by atoms with Crippen LogP contribution in [0.1, 0.15) is 33.6 Å². The van der Waals surface area contributed by atoms with Gasteiger partial charge in [0, 0.05) is 18.2 Å². The minimum absolute atomic E-state index is 0.339. The van der Waals surface area contributed by atoms with Crippen LogP contribution in [0.2, 0.25) is 6.82 Å². The van der Waals surface area contributed by atoms with Crippen molar-refractivity contribution >= 4 is 7.05 Å². The normalized spacial score (nSPS) is 50.1. The first-order chi connectivity index (χ1) is 6.48. The predicted octanol–water partition coefficient (Wildman–Crippen LogP) is 2.01. The van der Waals surface area contributed by atoms with Crippen molar-refractivity contribution in [3.8, 4) is 0 Å². The molecule has 1 aliphatic carbocycles. The van der Waals surface area contributed by atoms with Gasteiger partial charge in [0.05, 0.1) is 0 Å². The first kappa shape index (κ1) is 9.23. The predicted molar refractivity (Wildman–Crippen MR) is 58.1 cm³/mol. The fraction of sp³-hybridized carbons (Fsp3) is 1.00. The summed E-state index contributed by atoms with van der Waals surface area (Å²) in [7, 11) is 0.342. The summed E-state index contributed by atoms with van der Waals surface area (Å²) in [6.45, 7) is 10.5. The summed E-state index contributed by atoms with van der Waals surface area (Å²) in [6, 6.07) is 0.759. The minimum atomic E-state index is 0.339. The second kappa shape index (κ2) is 2.38. The molecule has 0 aromatic carbocycles. The molecule has 3 atom stereocenters. The van der Waals surface area contributed by atoms with Gasteiger partial charge in [0.1, 0.15) is 0 Å². The highest BCUT2D eigenvalue weighted by Gasteiger charge is 2.67. The van der Waals surface area contributed by atoms with Crippen molar-refractivity contribution in [3.05, 3.63) is 0 Å². The summed E-state index contributed by atoms with van der Waals surface area (Å²) >= 11 is 0. The maximum Gasteiger partial charge on any atom is 0.379 e. The fourth-order valence-electron chi connectivity index (χ4n) is 4.66. The quantitative estimate of drug-likeness (QED) is 0.545. The van der Waals surface area contributed by atoms with Crippen LogP contribution in [-0.2, 0) is 4.65 Å². The Kier molecular flexibility index (Phi) is 1.57. The molecular weight excluding hydrogens is 173 g/mol. The summed E-state index contributed by atoms with van der Waals surface area (Å²) in [5.41, 5.74) is 0.846. The van der Waals surface area contributed by atoms with E-state index in [1.807, 2.05) is 0 Å². The Bertz CT molecular complexity index is 280. The molecule has 2 nitrogen and oxygen atoms in total. The van der Waals surface area contributed by atoms with Crippen molar-refractivity contribution in [2.45, 2.75) is 52.0 Å². The van der Waals surface area contributed by atoms with Crippen molar-refractivity contribution in [1.82, 2.24) is 4.81 Å². The van der Waals surface area contributed by atoms with E-state index in [0.717, 1.165) is 18.6 Å². The monoisotopic (exact) mass is 193 g/mol. The van der Waals surface area contributed by atoms with Crippen molar-refractivity contribution in [3.63, 3.8) is 0 Å². The lowest BCUT2D eigenvalue weighted by atomic mass is 9.74.